The van der Waals surface area contributed by atoms with Gasteiger partial charge in [-0.1, -0.05) is 0 Å². The van der Waals surface area contributed by atoms with Crippen molar-refractivity contribution in [1.29, 1.82) is 0 Å². The standard InChI is InChI=1S/C10H6F2N2O4/c11-5-1-2-6(14(17)18)10(9(5)12)13-7(15)3-4-8(13)16/h1-2H,3-4H2. The van der Waals surface area contributed by atoms with E-state index in [1.54, 1.807) is 0 Å². The molecule has 6 nitrogen and oxygen atoms in total. The van der Waals surface area contributed by atoms with Gasteiger partial charge in [0, 0.05) is 18.9 Å². The second-order valence-electron chi connectivity index (χ2n) is 3.61. The largest absolute Gasteiger partial charge is 0.296 e. The van der Waals surface area contributed by atoms with E-state index in [0.717, 1.165) is 0 Å². The van der Waals surface area contributed by atoms with Crippen molar-refractivity contribution in [2.24, 2.45) is 0 Å². The van der Waals surface area contributed by atoms with Crippen LogP contribution in [0.2, 0.25) is 0 Å². The number of halogens is 2. The quantitative estimate of drug-likeness (QED) is 0.456. The molecule has 0 atom stereocenters. The van der Waals surface area contributed by atoms with Gasteiger partial charge in [0.2, 0.25) is 11.8 Å². The Kier molecular flexibility index (Phi) is 2.77. The van der Waals surface area contributed by atoms with Crippen LogP contribution in [0.5, 0.6) is 0 Å². The molecule has 1 fully saturated rings. The van der Waals surface area contributed by atoms with Crippen molar-refractivity contribution in [3.8, 4) is 0 Å². The maximum absolute atomic E-state index is 13.6. The molecule has 18 heavy (non-hydrogen) atoms. The van der Waals surface area contributed by atoms with E-state index in [0.29, 0.717) is 17.0 Å². The lowest BCUT2D eigenvalue weighted by Gasteiger charge is -2.14. The topological polar surface area (TPSA) is 80.5 Å². The number of benzene rings is 1. The maximum atomic E-state index is 13.6. The summed E-state index contributed by atoms with van der Waals surface area (Å²) >= 11 is 0. The summed E-state index contributed by atoms with van der Waals surface area (Å²) in [4.78, 5) is 32.9. The smallest absolute Gasteiger partial charge is 0.274 e. The van der Waals surface area contributed by atoms with Crippen molar-refractivity contribution in [2.45, 2.75) is 12.8 Å². The summed E-state index contributed by atoms with van der Waals surface area (Å²) in [6, 6.07) is 1.29. The fraction of sp³-hybridized carbons (Fsp3) is 0.200. The normalized spacial score (nSPS) is 15.3. The molecule has 0 N–H and O–H groups in total. The molecule has 1 aliphatic rings. The third kappa shape index (κ3) is 1.71. The van der Waals surface area contributed by atoms with Gasteiger partial charge < -0.3 is 0 Å². The molecule has 1 heterocycles. The highest BCUT2D eigenvalue weighted by Gasteiger charge is 2.38. The third-order valence-corrected chi connectivity index (χ3v) is 2.52. The van der Waals surface area contributed by atoms with Crippen molar-refractivity contribution in [1.82, 2.24) is 0 Å². The molecule has 0 saturated carbocycles. The third-order valence-electron chi connectivity index (χ3n) is 2.52. The van der Waals surface area contributed by atoms with Gasteiger partial charge in [-0.05, 0) is 6.07 Å². The molecule has 0 radical (unpaired) electrons. The minimum atomic E-state index is -1.58. The molecule has 0 spiro atoms. The lowest BCUT2D eigenvalue weighted by molar-refractivity contribution is -0.384. The zero-order chi connectivity index (χ0) is 13.4. The molecule has 94 valence electrons. The van der Waals surface area contributed by atoms with E-state index >= 15 is 0 Å². The van der Waals surface area contributed by atoms with E-state index < -0.39 is 39.7 Å². The van der Waals surface area contributed by atoms with Gasteiger partial charge in [0.25, 0.3) is 5.69 Å². The number of rotatable bonds is 2. The molecule has 1 aliphatic heterocycles. The lowest BCUT2D eigenvalue weighted by Crippen LogP contribution is -2.30. The summed E-state index contributed by atoms with van der Waals surface area (Å²) in [5, 5.41) is 10.7. The molecule has 0 aliphatic carbocycles. The molecule has 2 rings (SSSR count). The van der Waals surface area contributed by atoms with Crippen molar-refractivity contribution >= 4 is 23.2 Å². The number of nitrogens with zero attached hydrogens (tertiary/aromatic N) is 2. The first-order valence-corrected chi connectivity index (χ1v) is 4.91. The van der Waals surface area contributed by atoms with Crippen LogP contribution in [0.1, 0.15) is 12.8 Å². The summed E-state index contributed by atoms with van der Waals surface area (Å²) in [5.41, 5.74) is -1.75. The Labute approximate surface area is 99.0 Å². The van der Waals surface area contributed by atoms with Crippen LogP contribution < -0.4 is 4.90 Å². The summed E-state index contributed by atoms with van der Waals surface area (Å²) in [6.07, 6.45) is -0.349. The van der Waals surface area contributed by atoms with Crippen LogP contribution in [0, 0.1) is 21.7 Å². The number of carbonyl (C=O) groups is 2. The fourth-order valence-corrected chi connectivity index (χ4v) is 1.72. The zero-order valence-electron chi connectivity index (χ0n) is 8.85. The van der Waals surface area contributed by atoms with E-state index in [4.69, 9.17) is 0 Å². The molecule has 1 aromatic carbocycles. The zero-order valence-corrected chi connectivity index (χ0v) is 8.85. The van der Waals surface area contributed by atoms with Crippen LogP contribution >= 0.6 is 0 Å². The van der Waals surface area contributed by atoms with Gasteiger partial charge in [-0.15, -0.1) is 0 Å². The van der Waals surface area contributed by atoms with E-state index in [2.05, 4.69) is 0 Å². The average molecular weight is 256 g/mol. The van der Waals surface area contributed by atoms with Gasteiger partial charge in [-0.25, -0.2) is 13.7 Å². The highest BCUT2D eigenvalue weighted by atomic mass is 19.2. The molecular formula is C10H6F2N2O4. The number of nitro benzene ring substituents is 1. The molecule has 1 aromatic rings. The number of hydrogen-bond acceptors (Lipinski definition) is 4. The molecule has 1 saturated heterocycles. The van der Waals surface area contributed by atoms with Crippen LogP contribution in [0.3, 0.4) is 0 Å². The second-order valence-corrected chi connectivity index (χ2v) is 3.61. The number of amides is 2. The van der Waals surface area contributed by atoms with Gasteiger partial charge in [0.15, 0.2) is 17.3 Å². The lowest BCUT2D eigenvalue weighted by atomic mass is 10.2. The Morgan fingerprint density at radius 2 is 1.72 bits per heavy atom. The maximum Gasteiger partial charge on any atom is 0.296 e. The number of carbonyl (C=O) groups excluding carboxylic acids is 2. The van der Waals surface area contributed by atoms with E-state index in [-0.39, 0.29) is 12.8 Å². The average Bonchev–Trinajstić information content (AvgIpc) is 2.62. The van der Waals surface area contributed by atoms with Crippen LogP contribution in [0.25, 0.3) is 0 Å². The van der Waals surface area contributed by atoms with Gasteiger partial charge in [-0.3, -0.25) is 19.7 Å². The van der Waals surface area contributed by atoms with Crippen molar-refractivity contribution in [3.05, 3.63) is 33.9 Å². The Bertz CT molecular complexity index is 557. The molecule has 2 amide bonds. The van der Waals surface area contributed by atoms with E-state index in [1.807, 2.05) is 0 Å². The first-order valence-electron chi connectivity index (χ1n) is 4.91. The van der Waals surface area contributed by atoms with Crippen molar-refractivity contribution in [2.75, 3.05) is 4.90 Å². The minimum Gasteiger partial charge on any atom is -0.274 e. The first kappa shape index (κ1) is 12.1. The number of hydrogen-bond donors (Lipinski definition) is 0. The monoisotopic (exact) mass is 256 g/mol. The summed E-state index contributed by atoms with van der Waals surface area (Å²) in [6.45, 7) is 0. The molecule has 0 aromatic heterocycles. The van der Waals surface area contributed by atoms with Crippen LogP contribution in [0.15, 0.2) is 12.1 Å². The Morgan fingerprint density at radius 3 is 2.22 bits per heavy atom. The SMILES string of the molecule is O=C1CCC(=O)N1c1c([N+](=O)[O-])ccc(F)c1F. The highest BCUT2D eigenvalue weighted by Crippen LogP contribution is 2.35. The Morgan fingerprint density at radius 1 is 1.17 bits per heavy atom. The minimum absolute atomic E-state index is 0.175. The number of anilines is 1. The summed E-state index contributed by atoms with van der Waals surface area (Å²) in [7, 11) is 0. The highest BCUT2D eigenvalue weighted by molar-refractivity contribution is 6.20. The van der Waals surface area contributed by atoms with E-state index in [9.17, 15) is 28.5 Å². The van der Waals surface area contributed by atoms with Gasteiger partial charge in [0.05, 0.1) is 4.92 Å². The molecule has 8 heteroatoms. The number of imide groups is 1. The summed E-state index contributed by atoms with van der Waals surface area (Å²) < 4.78 is 26.7. The molecule has 0 bridgehead atoms. The first-order chi connectivity index (χ1) is 8.43. The van der Waals surface area contributed by atoms with Crippen LogP contribution in [-0.2, 0) is 9.59 Å². The van der Waals surface area contributed by atoms with Crippen molar-refractivity contribution in [3.63, 3.8) is 0 Å². The second kappa shape index (κ2) is 4.13. The van der Waals surface area contributed by atoms with E-state index in [1.165, 1.54) is 0 Å². The van der Waals surface area contributed by atoms with Gasteiger partial charge in [0.1, 0.15) is 0 Å². The molecular weight excluding hydrogens is 250 g/mol. The molecule has 0 unspecified atom stereocenters. The van der Waals surface area contributed by atoms with Gasteiger partial charge in [-0.2, -0.15) is 0 Å². The predicted octanol–water partition coefficient (Wildman–Crippen LogP) is 1.53. The van der Waals surface area contributed by atoms with Crippen LogP contribution in [0.4, 0.5) is 20.2 Å². The van der Waals surface area contributed by atoms with Gasteiger partial charge >= 0.3 is 0 Å². The fourth-order valence-electron chi connectivity index (χ4n) is 1.72. The summed E-state index contributed by atoms with van der Waals surface area (Å²) in [5.74, 6) is -4.50. The van der Waals surface area contributed by atoms with Crippen molar-refractivity contribution < 1.29 is 23.3 Å². The number of nitro groups is 1. The predicted molar refractivity (Wildman–Crippen MR) is 54.7 cm³/mol. The van der Waals surface area contributed by atoms with Crippen LogP contribution in [-0.4, -0.2) is 16.7 Å². The Hall–Kier alpha value is -2.38. The Balaban J connectivity index is 2.68.